The van der Waals surface area contributed by atoms with Gasteiger partial charge in [0.2, 0.25) is 5.75 Å². The molecule has 0 fully saturated rings. The van der Waals surface area contributed by atoms with E-state index in [1.165, 1.54) is 25.3 Å². The summed E-state index contributed by atoms with van der Waals surface area (Å²) in [5.41, 5.74) is -0.00579. The molecule has 108 valence electrons. The van der Waals surface area contributed by atoms with E-state index in [2.05, 4.69) is 22.6 Å². The van der Waals surface area contributed by atoms with E-state index in [9.17, 15) is 14.9 Å². The number of nitro groups is 1. The van der Waals surface area contributed by atoms with Crippen molar-refractivity contribution in [1.29, 1.82) is 0 Å². The number of ether oxygens (including phenoxy) is 2. The lowest BCUT2D eigenvalue weighted by Crippen LogP contribution is -2.09. The van der Waals surface area contributed by atoms with Crippen LogP contribution in [0, 0.1) is 13.7 Å². The van der Waals surface area contributed by atoms with Crippen LogP contribution >= 0.6 is 22.6 Å². The number of carbonyl (C=O) groups excluding carboxylic acids is 1. The van der Waals surface area contributed by atoms with Crippen molar-refractivity contribution in [2.45, 2.75) is 0 Å². The standard InChI is InChI=1S/C14H10INO5/c1-20-11-6-7-13(12(8-11)16(18)19)21-14(17)9-2-4-10(15)5-3-9/h2-8H,1H3. The van der Waals surface area contributed by atoms with Gasteiger partial charge in [-0.2, -0.15) is 0 Å². The fraction of sp³-hybridized carbons (Fsp3) is 0.0714. The molecule has 0 aliphatic rings. The number of rotatable bonds is 4. The van der Waals surface area contributed by atoms with Gasteiger partial charge in [0.15, 0.2) is 0 Å². The van der Waals surface area contributed by atoms with Gasteiger partial charge < -0.3 is 9.47 Å². The first kappa shape index (κ1) is 15.2. The monoisotopic (exact) mass is 399 g/mol. The zero-order chi connectivity index (χ0) is 15.4. The smallest absolute Gasteiger partial charge is 0.343 e. The number of hydrogen-bond acceptors (Lipinski definition) is 5. The molecule has 0 radical (unpaired) electrons. The second-order valence-electron chi connectivity index (χ2n) is 3.99. The Hall–Kier alpha value is -2.16. The molecule has 0 N–H and O–H groups in total. The van der Waals surface area contributed by atoms with Crippen molar-refractivity contribution in [1.82, 2.24) is 0 Å². The maximum Gasteiger partial charge on any atom is 0.343 e. The highest BCUT2D eigenvalue weighted by molar-refractivity contribution is 14.1. The predicted molar refractivity (Wildman–Crippen MR) is 83.8 cm³/mol. The normalized spacial score (nSPS) is 10.0. The Morgan fingerprint density at radius 2 is 1.86 bits per heavy atom. The minimum absolute atomic E-state index is 0.121. The molecule has 0 amide bonds. The van der Waals surface area contributed by atoms with Gasteiger partial charge in [0.1, 0.15) is 5.75 Å². The predicted octanol–water partition coefficient (Wildman–Crippen LogP) is 3.43. The van der Waals surface area contributed by atoms with Crippen molar-refractivity contribution in [3.63, 3.8) is 0 Å². The summed E-state index contributed by atoms with van der Waals surface area (Å²) in [7, 11) is 1.40. The Morgan fingerprint density at radius 3 is 2.43 bits per heavy atom. The van der Waals surface area contributed by atoms with E-state index < -0.39 is 10.9 Å². The van der Waals surface area contributed by atoms with Crippen LogP contribution in [0.2, 0.25) is 0 Å². The summed E-state index contributed by atoms with van der Waals surface area (Å²) in [5.74, 6) is -0.459. The quantitative estimate of drug-likeness (QED) is 0.259. The fourth-order valence-electron chi connectivity index (χ4n) is 1.60. The van der Waals surface area contributed by atoms with E-state index in [1.807, 2.05) is 0 Å². The second-order valence-corrected chi connectivity index (χ2v) is 5.23. The number of esters is 1. The zero-order valence-electron chi connectivity index (χ0n) is 10.9. The maximum absolute atomic E-state index is 12.0. The number of hydrogen-bond donors (Lipinski definition) is 0. The SMILES string of the molecule is COc1ccc(OC(=O)c2ccc(I)cc2)c([N+](=O)[O-])c1. The number of methoxy groups -OCH3 is 1. The van der Waals surface area contributed by atoms with Gasteiger partial charge in [-0.05, 0) is 59.0 Å². The highest BCUT2D eigenvalue weighted by atomic mass is 127. The van der Waals surface area contributed by atoms with Gasteiger partial charge in [-0.25, -0.2) is 4.79 Å². The molecule has 0 heterocycles. The molecule has 2 rings (SSSR count). The lowest BCUT2D eigenvalue weighted by Gasteiger charge is -2.06. The van der Waals surface area contributed by atoms with Gasteiger partial charge >= 0.3 is 11.7 Å². The first-order valence-electron chi connectivity index (χ1n) is 5.81. The molecular formula is C14H10INO5. The van der Waals surface area contributed by atoms with Crippen molar-refractivity contribution in [3.05, 3.63) is 61.7 Å². The van der Waals surface area contributed by atoms with Gasteiger partial charge in [-0.3, -0.25) is 10.1 Å². The highest BCUT2D eigenvalue weighted by Gasteiger charge is 2.20. The van der Waals surface area contributed by atoms with E-state index in [1.54, 1.807) is 24.3 Å². The zero-order valence-corrected chi connectivity index (χ0v) is 13.1. The van der Waals surface area contributed by atoms with Crippen molar-refractivity contribution < 1.29 is 19.2 Å². The number of nitrogens with zero attached hydrogens (tertiary/aromatic N) is 1. The van der Waals surface area contributed by atoms with Crippen LogP contribution < -0.4 is 9.47 Å². The van der Waals surface area contributed by atoms with Gasteiger partial charge in [0.05, 0.1) is 23.7 Å². The summed E-state index contributed by atoms with van der Waals surface area (Å²) in [5, 5.41) is 11.0. The van der Waals surface area contributed by atoms with Crippen LogP contribution in [-0.2, 0) is 0 Å². The molecule has 21 heavy (non-hydrogen) atoms. The van der Waals surface area contributed by atoms with E-state index >= 15 is 0 Å². The summed E-state index contributed by atoms with van der Waals surface area (Å²) in [6, 6.07) is 10.7. The van der Waals surface area contributed by atoms with E-state index in [4.69, 9.17) is 9.47 Å². The third kappa shape index (κ3) is 3.69. The average Bonchev–Trinajstić information content (AvgIpc) is 2.48. The number of halogens is 1. The first-order chi connectivity index (χ1) is 10.0. The number of carbonyl (C=O) groups is 1. The van der Waals surface area contributed by atoms with Crippen LogP contribution in [0.5, 0.6) is 11.5 Å². The largest absolute Gasteiger partial charge is 0.496 e. The van der Waals surface area contributed by atoms with Crippen LogP contribution in [0.1, 0.15) is 10.4 Å². The molecule has 0 saturated carbocycles. The fourth-order valence-corrected chi connectivity index (χ4v) is 1.96. The molecule has 0 atom stereocenters. The second kappa shape index (κ2) is 6.53. The Kier molecular flexibility index (Phi) is 4.73. The molecule has 0 spiro atoms. The molecule has 0 unspecified atom stereocenters. The Bertz CT molecular complexity index is 684. The maximum atomic E-state index is 12.0. The van der Waals surface area contributed by atoms with Crippen molar-refractivity contribution in [2.75, 3.05) is 7.11 Å². The van der Waals surface area contributed by atoms with Crippen LogP contribution in [0.4, 0.5) is 5.69 Å². The van der Waals surface area contributed by atoms with E-state index in [-0.39, 0.29) is 11.4 Å². The Labute approximate surface area is 134 Å². The molecule has 0 aromatic heterocycles. The highest BCUT2D eigenvalue weighted by Crippen LogP contribution is 2.31. The number of benzene rings is 2. The average molecular weight is 399 g/mol. The Balaban J connectivity index is 2.28. The van der Waals surface area contributed by atoms with E-state index in [0.29, 0.717) is 11.3 Å². The summed E-state index contributed by atoms with van der Waals surface area (Å²) in [4.78, 5) is 22.4. The van der Waals surface area contributed by atoms with Crippen molar-refractivity contribution in [2.24, 2.45) is 0 Å². The third-order valence-electron chi connectivity index (χ3n) is 2.65. The van der Waals surface area contributed by atoms with Crippen LogP contribution in [0.3, 0.4) is 0 Å². The molecule has 0 aliphatic carbocycles. The summed E-state index contributed by atoms with van der Waals surface area (Å²) in [6.45, 7) is 0. The summed E-state index contributed by atoms with van der Waals surface area (Å²) >= 11 is 2.11. The molecule has 0 aliphatic heterocycles. The van der Waals surface area contributed by atoms with Gasteiger partial charge in [0.25, 0.3) is 0 Å². The minimum atomic E-state index is -0.653. The van der Waals surface area contributed by atoms with Crippen molar-refractivity contribution in [3.8, 4) is 11.5 Å². The molecular weight excluding hydrogens is 389 g/mol. The molecule has 0 bridgehead atoms. The van der Waals surface area contributed by atoms with Crippen LogP contribution in [0.15, 0.2) is 42.5 Å². The molecule has 7 heteroatoms. The third-order valence-corrected chi connectivity index (χ3v) is 3.36. The molecule has 0 saturated heterocycles. The summed E-state index contributed by atoms with van der Waals surface area (Å²) in [6.07, 6.45) is 0. The lowest BCUT2D eigenvalue weighted by molar-refractivity contribution is -0.385. The number of nitro benzene ring substituents is 1. The summed E-state index contributed by atoms with van der Waals surface area (Å²) < 4.78 is 11.0. The molecule has 2 aromatic carbocycles. The lowest BCUT2D eigenvalue weighted by atomic mass is 10.2. The van der Waals surface area contributed by atoms with E-state index in [0.717, 1.165) is 3.57 Å². The van der Waals surface area contributed by atoms with Gasteiger partial charge in [-0.15, -0.1) is 0 Å². The van der Waals surface area contributed by atoms with Gasteiger partial charge in [-0.1, -0.05) is 0 Å². The minimum Gasteiger partial charge on any atom is -0.496 e. The van der Waals surface area contributed by atoms with Crippen molar-refractivity contribution >= 4 is 34.2 Å². The Morgan fingerprint density at radius 1 is 1.19 bits per heavy atom. The molecule has 6 nitrogen and oxygen atoms in total. The van der Waals surface area contributed by atoms with Crippen LogP contribution in [0.25, 0.3) is 0 Å². The molecule has 2 aromatic rings. The van der Waals surface area contributed by atoms with Crippen LogP contribution in [-0.4, -0.2) is 18.0 Å². The first-order valence-corrected chi connectivity index (χ1v) is 6.89. The van der Waals surface area contributed by atoms with Gasteiger partial charge in [0, 0.05) is 3.57 Å². The topological polar surface area (TPSA) is 78.7 Å².